The van der Waals surface area contributed by atoms with Crippen molar-refractivity contribution in [2.24, 2.45) is 0 Å². The number of benzene rings is 1. The Hall–Kier alpha value is -1.59. The molecule has 2 rings (SSSR count). The van der Waals surface area contributed by atoms with E-state index >= 15 is 0 Å². The van der Waals surface area contributed by atoms with Crippen LogP contribution >= 0.6 is 0 Å². The van der Waals surface area contributed by atoms with Crippen LogP contribution in [0.1, 0.15) is 18.4 Å². The third-order valence-electron chi connectivity index (χ3n) is 3.32. The number of aliphatic hydroxyl groups excluding tert-OH is 1. The summed E-state index contributed by atoms with van der Waals surface area (Å²) in [5.41, 5.74) is 1.18. The summed E-state index contributed by atoms with van der Waals surface area (Å²) in [5, 5.41) is 15.8. The molecule has 1 aromatic carbocycles. The lowest BCUT2D eigenvalue weighted by Gasteiger charge is -2.15. The van der Waals surface area contributed by atoms with Gasteiger partial charge in [0.1, 0.15) is 18.5 Å². The first-order valence-electron chi connectivity index (χ1n) is 7.01. The quantitative estimate of drug-likeness (QED) is 0.683. The predicted molar refractivity (Wildman–Crippen MR) is 76.7 cm³/mol. The molecule has 1 aliphatic rings. The van der Waals surface area contributed by atoms with Crippen LogP contribution in [0.2, 0.25) is 0 Å². The van der Waals surface area contributed by atoms with E-state index in [1.165, 1.54) is 5.56 Å². The van der Waals surface area contributed by atoms with E-state index in [0.29, 0.717) is 19.5 Å². The van der Waals surface area contributed by atoms with Gasteiger partial charge < -0.3 is 20.5 Å². The second kappa shape index (κ2) is 7.26. The van der Waals surface area contributed by atoms with E-state index in [-0.39, 0.29) is 18.6 Å². The summed E-state index contributed by atoms with van der Waals surface area (Å²) in [6, 6.07) is 7.92. The van der Waals surface area contributed by atoms with Gasteiger partial charge in [-0.2, -0.15) is 0 Å². The summed E-state index contributed by atoms with van der Waals surface area (Å²) in [7, 11) is 0. The van der Waals surface area contributed by atoms with Gasteiger partial charge in [-0.1, -0.05) is 17.7 Å². The average molecular weight is 278 g/mol. The fourth-order valence-electron chi connectivity index (χ4n) is 2.14. The maximum absolute atomic E-state index is 11.0. The number of aliphatic hydroxyl groups is 1. The van der Waals surface area contributed by atoms with Crippen LogP contribution in [0.15, 0.2) is 24.3 Å². The van der Waals surface area contributed by atoms with E-state index in [9.17, 15) is 9.90 Å². The van der Waals surface area contributed by atoms with Crippen molar-refractivity contribution in [1.82, 2.24) is 10.6 Å². The molecule has 2 atom stereocenters. The first-order valence-corrected chi connectivity index (χ1v) is 7.01. The van der Waals surface area contributed by atoms with Crippen LogP contribution in [0.5, 0.6) is 5.75 Å². The number of hydrogen-bond acceptors (Lipinski definition) is 4. The van der Waals surface area contributed by atoms with Gasteiger partial charge >= 0.3 is 0 Å². The van der Waals surface area contributed by atoms with Gasteiger partial charge in [-0.25, -0.2) is 0 Å². The van der Waals surface area contributed by atoms with Crippen LogP contribution in [0, 0.1) is 6.92 Å². The molecule has 110 valence electrons. The lowest BCUT2D eigenvalue weighted by Crippen LogP contribution is -2.40. The van der Waals surface area contributed by atoms with Crippen molar-refractivity contribution in [3.05, 3.63) is 29.8 Å². The number of hydrogen-bond donors (Lipinski definition) is 3. The zero-order valence-corrected chi connectivity index (χ0v) is 11.8. The highest BCUT2D eigenvalue weighted by atomic mass is 16.5. The molecule has 20 heavy (non-hydrogen) atoms. The molecular formula is C15H22N2O3. The van der Waals surface area contributed by atoms with Gasteiger partial charge in [0.2, 0.25) is 5.91 Å². The molecule has 1 aromatic rings. The van der Waals surface area contributed by atoms with E-state index in [1.807, 2.05) is 31.2 Å². The standard InChI is InChI=1S/C15H22N2O3/c1-11-2-5-14(6-3-11)20-10-13(18)9-16-8-12-4-7-15(19)17-12/h2-3,5-6,12-13,16,18H,4,7-10H2,1H3,(H,17,19). The van der Waals surface area contributed by atoms with Crippen molar-refractivity contribution in [3.8, 4) is 5.75 Å². The second-order valence-corrected chi connectivity index (χ2v) is 5.24. The Morgan fingerprint density at radius 3 is 2.85 bits per heavy atom. The van der Waals surface area contributed by atoms with Crippen molar-refractivity contribution < 1.29 is 14.6 Å². The molecule has 1 fully saturated rings. The number of ether oxygens (including phenoxy) is 1. The molecule has 0 spiro atoms. The molecule has 0 aliphatic carbocycles. The first kappa shape index (κ1) is 14.8. The molecule has 1 aliphatic heterocycles. The fourth-order valence-corrected chi connectivity index (χ4v) is 2.14. The van der Waals surface area contributed by atoms with Crippen molar-refractivity contribution in [2.45, 2.75) is 31.9 Å². The number of carbonyl (C=O) groups is 1. The number of rotatable bonds is 7. The molecule has 5 heteroatoms. The monoisotopic (exact) mass is 278 g/mol. The molecule has 0 radical (unpaired) electrons. The van der Waals surface area contributed by atoms with Crippen molar-refractivity contribution in [2.75, 3.05) is 19.7 Å². The van der Waals surface area contributed by atoms with Crippen LogP contribution in [0.4, 0.5) is 0 Å². The van der Waals surface area contributed by atoms with E-state index in [0.717, 1.165) is 12.2 Å². The Bertz CT molecular complexity index is 433. The first-order chi connectivity index (χ1) is 9.63. The van der Waals surface area contributed by atoms with Crippen LogP contribution in [-0.4, -0.2) is 42.9 Å². The third-order valence-corrected chi connectivity index (χ3v) is 3.32. The van der Waals surface area contributed by atoms with Gasteiger partial charge in [0.05, 0.1) is 0 Å². The smallest absolute Gasteiger partial charge is 0.220 e. The molecule has 2 unspecified atom stereocenters. The topological polar surface area (TPSA) is 70.6 Å². The molecule has 0 aromatic heterocycles. The minimum Gasteiger partial charge on any atom is -0.491 e. The molecule has 1 saturated heterocycles. The Morgan fingerprint density at radius 1 is 1.45 bits per heavy atom. The Labute approximate surface area is 119 Å². The largest absolute Gasteiger partial charge is 0.491 e. The summed E-state index contributed by atoms with van der Waals surface area (Å²) < 4.78 is 5.50. The van der Waals surface area contributed by atoms with Gasteiger partial charge in [-0.3, -0.25) is 4.79 Å². The van der Waals surface area contributed by atoms with E-state index < -0.39 is 6.10 Å². The lowest BCUT2D eigenvalue weighted by molar-refractivity contribution is -0.119. The maximum Gasteiger partial charge on any atom is 0.220 e. The highest BCUT2D eigenvalue weighted by molar-refractivity contribution is 5.78. The van der Waals surface area contributed by atoms with E-state index in [4.69, 9.17) is 4.74 Å². The maximum atomic E-state index is 11.0. The zero-order valence-electron chi connectivity index (χ0n) is 11.8. The van der Waals surface area contributed by atoms with Gasteiger partial charge in [-0.05, 0) is 25.5 Å². The Balaban J connectivity index is 1.59. The highest BCUT2D eigenvalue weighted by Crippen LogP contribution is 2.11. The summed E-state index contributed by atoms with van der Waals surface area (Å²) in [6.45, 7) is 3.42. The number of nitrogens with one attached hydrogen (secondary N) is 2. The molecule has 0 bridgehead atoms. The van der Waals surface area contributed by atoms with Crippen LogP contribution in [0.3, 0.4) is 0 Å². The SMILES string of the molecule is Cc1ccc(OCC(O)CNCC2CCC(=O)N2)cc1. The minimum atomic E-state index is -0.562. The van der Waals surface area contributed by atoms with Crippen LogP contribution in [0.25, 0.3) is 0 Å². The summed E-state index contributed by atoms with van der Waals surface area (Å²) in [6.07, 6.45) is 0.904. The molecule has 3 N–H and O–H groups in total. The van der Waals surface area contributed by atoms with Crippen molar-refractivity contribution in [3.63, 3.8) is 0 Å². The second-order valence-electron chi connectivity index (χ2n) is 5.24. The summed E-state index contributed by atoms with van der Waals surface area (Å²) >= 11 is 0. The van der Waals surface area contributed by atoms with Gasteiger partial charge in [-0.15, -0.1) is 0 Å². The normalized spacial score (nSPS) is 19.7. The van der Waals surface area contributed by atoms with E-state index in [1.54, 1.807) is 0 Å². The van der Waals surface area contributed by atoms with Crippen LogP contribution < -0.4 is 15.4 Å². The Kier molecular flexibility index (Phi) is 5.38. The van der Waals surface area contributed by atoms with Crippen LogP contribution in [-0.2, 0) is 4.79 Å². The van der Waals surface area contributed by atoms with Gasteiger partial charge in [0.25, 0.3) is 0 Å². The minimum absolute atomic E-state index is 0.111. The highest BCUT2D eigenvalue weighted by Gasteiger charge is 2.20. The average Bonchev–Trinajstić information content (AvgIpc) is 2.84. The Morgan fingerprint density at radius 2 is 2.20 bits per heavy atom. The molecule has 0 saturated carbocycles. The van der Waals surface area contributed by atoms with Gasteiger partial charge in [0, 0.05) is 25.6 Å². The summed E-state index contributed by atoms with van der Waals surface area (Å²) in [4.78, 5) is 11.0. The number of carbonyl (C=O) groups excluding carboxylic acids is 1. The lowest BCUT2D eigenvalue weighted by atomic mass is 10.2. The molecule has 1 heterocycles. The third kappa shape index (κ3) is 4.83. The van der Waals surface area contributed by atoms with Gasteiger partial charge in [0.15, 0.2) is 0 Å². The zero-order chi connectivity index (χ0) is 14.4. The fraction of sp³-hybridized carbons (Fsp3) is 0.533. The van der Waals surface area contributed by atoms with Crippen molar-refractivity contribution >= 4 is 5.91 Å². The molecular weight excluding hydrogens is 256 g/mol. The number of amides is 1. The van der Waals surface area contributed by atoms with E-state index in [2.05, 4.69) is 10.6 Å². The number of aryl methyl sites for hydroxylation is 1. The predicted octanol–water partition coefficient (Wildman–Crippen LogP) is 0.603. The molecule has 1 amide bonds. The van der Waals surface area contributed by atoms with Crippen molar-refractivity contribution in [1.29, 1.82) is 0 Å². The molecule has 5 nitrogen and oxygen atoms in total. The summed E-state index contributed by atoms with van der Waals surface area (Å²) in [5.74, 6) is 0.873.